The lowest BCUT2D eigenvalue weighted by atomic mass is 10.0. The average molecular weight is 345 g/mol. The van der Waals surface area contributed by atoms with Crippen molar-refractivity contribution in [3.8, 4) is 11.4 Å². The molecule has 0 aliphatic rings. The summed E-state index contributed by atoms with van der Waals surface area (Å²) in [7, 11) is 1.56. The van der Waals surface area contributed by atoms with E-state index in [-0.39, 0.29) is 5.92 Å². The molecule has 2 N–H and O–H groups in total. The summed E-state index contributed by atoms with van der Waals surface area (Å²) >= 11 is 0. The number of aromatic nitrogens is 2. The fourth-order valence-electron chi connectivity index (χ4n) is 2.61. The Balaban J connectivity index is 2.28. The zero-order valence-corrected chi connectivity index (χ0v) is 14.8. The standard InChI is InChI=1S/C18H23N3O4/c1-11(2)9-14(18(23)24)20-17(22)13-10-19-21(12(13)3)15-7-5-6-8-16(15)25-4/h5-8,10-11,14H,9H2,1-4H3,(H,20,22)(H,23,24). The first-order chi connectivity index (χ1) is 11.8. The van der Waals surface area contributed by atoms with Gasteiger partial charge in [0.1, 0.15) is 17.5 Å². The molecule has 0 saturated carbocycles. The van der Waals surface area contributed by atoms with E-state index in [0.717, 1.165) is 0 Å². The first-order valence-corrected chi connectivity index (χ1v) is 8.06. The number of carboxylic acid groups (broad SMARTS) is 1. The number of nitrogens with one attached hydrogen (secondary N) is 1. The van der Waals surface area contributed by atoms with Crippen LogP contribution in [0.15, 0.2) is 30.5 Å². The van der Waals surface area contributed by atoms with E-state index in [9.17, 15) is 14.7 Å². The molecule has 0 bridgehead atoms. The largest absolute Gasteiger partial charge is 0.494 e. The van der Waals surface area contributed by atoms with Crippen LogP contribution in [0.25, 0.3) is 5.69 Å². The normalized spacial score (nSPS) is 12.0. The zero-order chi connectivity index (χ0) is 18.6. The van der Waals surface area contributed by atoms with Crippen LogP contribution in [0.2, 0.25) is 0 Å². The van der Waals surface area contributed by atoms with E-state index in [1.807, 2.05) is 32.0 Å². The zero-order valence-electron chi connectivity index (χ0n) is 14.8. The number of hydrogen-bond acceptors (Lipinski definition) is 4. The van der Waals surface area contributed by atoms with Gasteiger partial charge in [-0.2, -0.15) is 5.10 Å². The number of nitrogens with zero attached hydrogens (tertiary/aromatic N) is 2. The van der Waals surface area contributed by atoms with Crippen molar-refractivity contribution in [2.75, 3.05) is 7.11 Å². The molecule has 1 aromatic carbocycles. The van der Waals surface area contributed by atoms with Crippen molar-refractivity contribution in [3.05, 3.63) is 41.7 Å². The van der Waals surface area contributed by atoms with Crippen molar-refractivity contribution >= 4 is 11.9 Å². The SMILES string of the molecule is COc1ccccc1-n1ncc(C(=O)NC(CC(C)C)C(=O)O)c1C. The molecule has 2 rings (SSSR count). The van der Waals surface area contributed by atoms with Gasteiger partial charge in [-0.05, 0) is 31.4 Å². The number of carbonyl (C=O) groups excluding carboxylic acids is 1. The van der Waals surface area contributed by atoms with Gasteiger partial charge in [0.25, 0.3) is 5.91 Å². The number of methoxy groups -OCH3 is 1. The van der Waals surface area contributed by atoms with Gasteiger partial charge in [-0.1, -0.05) is 26.0 Å². The molecule has 1 unspecified atom stereocenters. The Bertz CT molecular complexity index is 767. The minimum absolute atomic E-state index is 0.152. The van der Waals surface area contributed by atoms with Gasteiger partial charge in [-0.3, -0.25) is 4.79 Å². The molecule has 0 radical (unpaired) electrons. The fraction of sp³-hybridized carbons (Fsp3) is 0.389. The highest BCUT2D eigenvalue weighted by molar-refractivity contribution is 5.97. The summed E-state index contributed by atoms with van der Waals surface area (Å²) in [6, 6.07) is 6.40. The summed E-state index contributed by atoms with van der Waals surface area (Å²) in [6.45, 7) is 5.58. The Morgan fingerprint density at radius 2 is 2.00 bits per heavy atom. The molecule has 7 heteroatoms. The number of amides is 1. The lowest BCUT2D eigenvalue weighted by Gasteiger charge is -2.16. The van der Waals surface area contributed by atoms with E-state index in [4.69, 9.17) is 4.74 Å². The van der Waals surface area contributed by atoms with Crippen LogP contribution in [-0.2, 0) is 4.79 Å². The van der Waals surface area contributed by atoms with Crippen LogP contribution < -0.4 is 10.1 Å². The van der Waals surface area contributed by atoms with Gasteiger partial charge < -0.3 is 15.2 Å². The second-order valence-corrected chi connectivity index (χ2v) is 6.22. The van der Waals surface area contributed by atoms with Crippen LogP contribution in [0.4, 0.5) is 0 Å². The Hall–Kier alpha value is -2.83. The number of benzene rings is 1. The lowest BCUT2D eigenvalue weighted by molar-refractivity contribution is -0.139. The molecular formula is C18H23N3O4. The number of carboxylic acids is 1. The summed E-state index contributed by atoms with van der Waals surface area (Å²) < 4.78 is 6.93. The van der Waals surface area contributed by atoms with Crippen molar-refractivity contribution in [3.63, 3.8) is 0 Å². The number of ether oxygens (including phenoxy) is 1. The van der Waals surface area contributed by atoms with Gasteiger partial charge in [0.2, 0.25) is 0 Å². The van der Waals surface area contributed by atoms with Crippen LogP contribution in [0.1, 0.15) is 36.3 Å². The molecule has 1 atom stereocenters. The number of rotatable bonds is 7. The summed E-state index contributed by atoms with van der Waals surface area (Å²) in [6.07, 6.45) is 1.80. The van der Waals surface area contributed by atoms with Gasteiger partial charge >= 0.3 is 5.97 Å². The summed E-state index contributed by atoms with van der Waals surface area (Å²) in [5.74, 6) is -0.716. The second kappa shape index (κ2) is 7.83. The Morgan fingerprint density at radius 3 is 2.60 bits per heavy atom. The topological polar surface area (TPSA) is 93.5 Å². The molecule has 0 aliphatic heterocycles. The second-order valence-electron chi connectivity index (χ2n) is 6.22. The third-order valence-electron chi connectivity index (χ3n) is 3.88. The van der Waals surface area contributed by atoms with E-state index in [1.165, 1.54) is 6.20 Å². The van der Waals surface area contributed by atoms with E-state index < -0.39 is 17.9 Å². The average Bonchev–Trinajstić information content (AvgIpc) is 2.95. The molecule has 1 heterocycles. The van der Waals surface area contributed by atoms with Crippen molar-refractivity contribution < 1.29 is 19.4 Å². The maximum atomic E-state index is 12.5. The van der Waals surface area contributed by atoms with E-state index in [0.29, 0.717) is 29.1 Å². The first-order valence-electron chi connectivity index (χ1n) is 8.06. The number of para-hydroxylation sites is 2. The van der Waals surface area contributed by atoms with Crippen molar-refractivity contribution in [2.45, 2.75) is 33.2 Å². The third kappa shape index (κ3) is 4.17. The van der Waals surface area contributed by atoms with Crippen molar-refractivity contribution in [1.29, 1.82) is 0 Å². The third-order valence-corrected chi connectivity index (χ3v) is 3.88. The molecule has 0 fully saturated rings. The minimum atomic E-state index is -1.04. The monoisotopic (exact) mass is 345 g/mol. The molecule has 0 spiro atoms. The highest BCUT2D eigenvalue weighted by Crippen LogP contribution is 2.24. The molecule has 25 heavy (non-hydrogen) atoms. The number of aliphatic carboxylic acids is 1. The van der Waals surface area contributed by atoms with Gasteiger partial charge in [0.15, 0.2) is 0 Å². The summed E-state index contributed by atoms with van der Waals surface area (Å²) in [4.78, 5) is 23.8. The maximum absolute atomic E-state index is 12.5. The molecule has 7 nitrogen and oxygen atoms in total. The van der Waals surface area contributed by atoms with Gasteiger partial charge in [0.05, 0.1) is 24.6 Å². The van der Waals surface area contributed by atoms with Crippen molar-refractivity contribution in [2.24, 2.45) is 5.92 Å². The van der Waals surface area contributed by atoms with Crippen LogP contribution in [0, 0.1) is 12.8 Å². The summed E-state index contributed by atoms with van der Waals surface area (Å²) in [5, 5.41) is 16.1. The Kier molecular flexibility index (Phi) is 5.80. The van der Waals surface area contributed by atoms with Gasteiger partial charge in [-0.25, -0.2) is 9.48 Å². The first kappa shape index (κ1) is 18.5. The quantitative estimate of drug-likeness (QED) is 0.804. The van der Waals surface area contributed by atoms with Crippen molar-refractivity contribution in [1.82, 2.24) is 15.1 Å². The van der Waals surface area contributed by atoms with E-state index in [2.05, 4.69) is 10.4 Å². The molecule has 2 aromatic rings. The van der Waals surface area contributed by atoms with Crippen LogP contribution in [-0.4, -0.2) is 39.9 Å². The van der Waals surface area contributed by atoms with E-state index in [1.54, 1.807) is 24.8 Å². The Morgan fingerprint density at radius 1 is 1.32 bits per heavy atom. The molecule has 0 saturated heterocycles. The van der Waals surface area contributed by atoms with Gasteiger partial charge in [-0.15, -0.1) is 0 Å². The predicted octanol–water partition coefficient (Wildman–Crippen LogP) is 2.42. The Labute approximate surface area is 146 Å². The smallest absolute Gasteiger partial charge is 0.326 e. The molecule has 1 amide bonds. The summed E-state index contributed by atoms with van der Waals surface area (Å²) in [5.41, 5.74) is 1.65. The molecule has 134 valence electrons. The highest BCUT2D eigenvalue weighted by atomic mass is 16.5. The fourth-order valence-corrected chi connectivity index (χ4v) is 2.61. The lowest BCUT2D eigenvalue weighted by Crippen LogP contribution is -2.41. The van der Waals surface area contributed by atoms with E-state index >= 15 is 0 Å². The number of carbonyl (C=O) groups is 2. The minimum Gasteiger partial charge on any atom is -0.494 e. The van der Waals surface area contributed by atoms with Crippen LogP contribution >= 0.6 is 0 Å². The molecule has 0 aliphatic carbocycles. The van der Waals surface area contributed by atoms with Crippen LogP contribution in [0.5, 0.6) is 5.75 Å². The molecule has 1 aromatic heterocycles. The maximum Gasteiger partial charge on any atom is 0.326 e. The highest BCUT2D eigenvalue weighted by Gasteiger charge is 2.24. The van der Waals surface area contributed by atoms with Gasteiger partial charge in [0, 0.05) is 0 Å². The number of hydrogen-bond donors (Lipinski definition) is 2. The predicted molar refractivity (Wildman–Crippen MR) is 93.2 cm³/mol. The van der Waals surface area contributed by atoms with Crippen LogP contribution in [0.3, 0.4) is 0 Å². The molecular weight excluding hydrogens is 322 g/mol.